The van der Waals surface area contributed by atoms with Gasteiger partial charge in [-0.2, -0.15) is 0 Å². The Labute approximate surface area is 116 Å². The summed E-state index contributed by atoms with van der Waals surface area (Å²) in [6, 6.07) is 2.38. The van der Waals surface area contributed by atoms with Gasteiger partial charge in [-0.3, -0.25) is 4.79 Å². The van der Waals surface area contributed by atoms with E-state index in [1.165, 1.54) is 6.92 Å². The van der Waals surface area contributed by atoms with E-state index in [1.807, 2.05) is 13.8 Å². The van der Waals surface area contributed by atoms with Crippen LogP contribution in [0, 0.1) is 13.8 Å². The number of aliphatic carboxylic acids is 1. The predicted octanol–water partition coefficient (Wildman–Crippen LogP) is 0.590. The van der Waals surface area contributed by atoms with Crippen molar-refractivity contribution in [1.29, 1.82) is 0 Å². The molecule has 0 saturated heterocycles. The molecule has 0 aliphatic rings. The minimum Gasteiger partial charge on any atom is -0.548 e. The number of carboxylic acids is 1. The lowest BCUT2D eigenvalue weighted by Crippen LogP contribution is -2.47. The smallest absolute Gasteiger partial charge is 0.258 e. The molecule has 1 N–H and O–H groups in total. The maximum atomic E-state index is 11.4. The Bertz CT molecular complexity index is 478. The lowest BCUT2D eigenvalue weighted by Gasteiger charge is -2.15. The Morgan fingerprint density at radius 3 is 2.37 bits per heavy atom. The van der Waals surface area contributed by atoms with E-state index in [0.717, 1.165) is 11.1 Å². The fourth-order valence-corrected chi connectivity index (χ4v) is 1.59. The minimum absolute atomic E-state index is 0.266. The second-order valence-corrected chi connectivity index (χ2v) is 4.65. The zero-order valence-electron chi connectivity index (χ0n) is 11.0. The highest BCUT2D eigenvalue weighted by Gasteiger charge is 2.09. The van der Waals surface area contributed by atoms with Crippen LogP contribution in [0.15, 0.2) is 12.1 Å². The number of hydrogen-bond acceptors (Lipinski definition) is 4. The zero-order valence-corrected chi connectivity index (χ0v) is 11.7. The van der Waals surface area contributed by atoms with E-state index in [1.54, 1.807) is 12.1 Å². The molecular weight excluding hydrogens is 270 g/mol. The minimum atomic E-state index is -1.34. The van der Waals surface area contributed by atoms with Gasteiger partial charge in [-0.15, -0.1) is 0 Å². The van der Waals surface area contributed by atoms with Gasteiger partial charge in [-0.05, 0) is 44.0 Å². The fourth-order valence-electron chi connectivity index (χ4n) is 1.48. The standard InChI is InChI=1S/C13H16ClNO4/c1-7-4-10(5-8(2)12(7)14)19-6-11(16)15-9(3)13(17)18/h4-5,9H,6H2,1-3H3,(H,15,16)(H,17,18)/p-1/t9-/m0/s1. The van der Waals surface area contributed by atoms with Crippen LogP contribution >= 0.6 is 11.6 Å². The van der Waals surface area contributed by atoms with Crippen molar-refractivity contribution < 1.29 is 19.4 Å². The summed E-state index contributed by atoms with van der Waals surface area (Å²) in [6.45, 7) is 4.73. The molecule has 0 saturated carbocycles. The van der Waals surface area contributed by atoms with Crippen LogP contribution in [0.1, 0.15) is 18.1 Å². The summed E-state index contributed by atoms with van der Waals surface area (Å²) in [7, 11) is 0. The number of carboxylic acid groups (broad SMARTS) is 1. The molecule has 1 atom stereocenters. The van der Waals surface area contributed by atoms with Crippen LogP contribution in [-0.4, -0.2) is 24.5 Å². The number of aryl methyl sites for hydroxylation is 2. The molecular formula is C13H15ClNO4-. The molecule has 0 fully saturated rings. The number of carbonyl (C=O) groups is 2. The first-order valence-corrected chi connectivity index (χ1v) is 6.09. The van der Waals surface area contributed by atoms with Crippen molar-refractivity contribution in [3.63, 3.8) is 0 Å². The van der Waals surface area contributed by atoms with Crippen LogP contribution < -0.4 is 15.2 Å². The number of ether oxygens (including phenoxy) is 1. The first-order valence-electron chi connectivity index (χ1n) is 5.71. The molecule has 0 heterocycles. The fraction of sp³-hybridized carbons (Fsp3) is 0.385. The van der Waals surface area contributed by atoms with E-state index < -0.39 is 17.9 Å². The lowest BCUT2D eigenvalue weighted by molar-refractivity contribution is -0.307. The number of nitrogens with one attached hydrogen (secondary N) is 1. The van der Waals surface area contributed by atoms with Gasteiger partial charge in [-0.25, -0.2) is 0 Å². The van der Waals surface area contributed by atoms with Crippen LogP contribution in [0.2, 0.25) is 5.02 Å². The van der Waals surface area contributed by atoms with E-state index >= 15 is 0 Å². The van der Waals surface area contributed by atoms with Crippen molar-refractivity contribution in [2.45, 2.75) is 26.8 Å². The lowest BCUT2D eigenvalue weighted by atomic mass is 10.1. The van der Waals surface area contributed by atoms with Crippen molar-refractivity contribution in [3.05, 3.63) is 28.3 Å². The van der Waals surface area contributed by atoms with Crippen LogP contribution in [0.3, 0.4) is 0 Å². The number of halogens is 1. The summed E-state index contributed by atoms with van der Waals surface area (Å²) in [5.41, 5.74) is 1.69. The predicted molar refractivity (Wildman–Crippen MR) is 69.0 cm³/mol. The normalized spacial score (nSPS) is 11.8. The average molecular weight is 285 g/mol. The van der Waals surface area contributed by atoms with E-state index in [9.17, 15) is 14.7 Å². The molecule has 1 rings (SSSR count). The van der Waals surface area contributed by atoms with E-state index in [4.69, 9.17) is 16.3 Å². The van der Waals surface area contributed by atoms with Crippen LogP contribution in [0.4, 0.5) is 0 Å². The summed E-state index contributed by atoms with van der Waals surface area (Å²) >= 11 is 6.01. The largest absolute Gasteiger partial charge is 0.548 e. The summed E-state index contributed by atoms with van der Waals surface area (Å²) in [5, 5.41) is 13.3. The highest BCUT2D eigenvalue weighted by Crippen LogP contribution is 2.25. The van der Waals surface area contributed by atoms with Crippen molar-refractivity contribution >= 4 is 23.5 Å². The molecule has 5 nitrogen and oxygen atoms in total. The third-order valence-electron chi connectivity index (χ3n) is 2.51. The van der Waals surface area contributed by atoms with Crippen LogP contribution in [0.25, 0.3) is 0 Å². The van der Waals surface area contributed by atoms with Crippen LogP contribution in [-0.2, 0) is 9.59 Å². The Morgan fingerprint density at radius 1 is 1.37 bits per heavy atom. The number of hydrogen-bond donors (Lipinski definition) is 1. The van der Waals surface area contributed by atoms with Crippen molar-refractivity contribution in [2.75, 3.05) is 6.61 Å². The molecule has 0 spiro atoms. The van der Waals surface area contributed by atoms with Crippen molar-refractivity contribution in [2.24, 2.45) is 0 Å². The molecule has 0 aromatic heterocycles. The Morgan fingerprint density at radius 2 is 1.89 bits per heavy atom. The average Bonchev–Trinajstić information content (AvgIpc) is 2.33. The number of carbonyl (C=O) groups excluding carboxylic acids is 2. The maximum absolute atomic E-state index is 11.4. The number of benzene rings is 1. The van der Waals surface area contributed by atoms with Crippen LogP contribution in [0.5, 0.6) is 5.75 Å². The molecule has 1 aromatic rings. The molecule has 1 aromatic carbocycles. The second kappa shape index (κ2) is 6.43. The molecule has 0 aliphatic heterocycles. The van der Waals surface area contributed by atoms with E-state index in [0.29, 0.717) is 10.8 Å². The van der Waals surface area contributed by atoms with Gasteiger partial charge in [-0.1, -0.05) is 11.6 Å². The van der Waals surface area contributed by atoms with Gasteiger partial charge < -0.3 is 20.0 Å². The van der Waals surface area contributed by atoms with Gasteiger partial charge >= 0.3 is 0 Å². The highest BCUT2D eigenvalue weighted by atomic mass is 35.5. The first kappa shape index (κ1) is 15.3. The summed E-state index contributed by atoms with van der Waals surface area (Å²) in [6.07, 6.45) is 0. The summed E-state index contributed by atoms with van der Waals surface area (Å²) in [4.78, 5) is 21.9. The van der Waals surface area contributed by atoms with Gasteiger partial charge in [0.2, 0.25) is 0 Å². The molecule has 104 valence electrons. The van der Waals surface area contributed by atoms with E-state index in [2.05, 4.69) is 5.32 Å². The molecule has 19 heavy (non-hydrogen) atoms. The number of amides is 1. The van der Waals surface area contributed by atoms with Crippen molar-refractivity contribution in [1.82, 2.24) is 5.32 Å². The second-order valence-electron chi connectivity index (χ2n) is 4.27. The monoisotopic (exact) mass is 284 g/mol. The summed E-state index contributed by atoms with van der Waals surface area (Å²) < 4.78 is 5.28. The number of rotatable bonds is 5. The molecule has 0 aliphatic carbocycles. The van der Waals surface area contributed by atoms with Gasteiger partial charge in [0.1, 0.15) is 5.75 Å². The quantitative estimate of drug-likeness (QED) is 0.858. The Kier molecular flexibility index (Phi) is 5.18. The highest BCUT2D eigenvalue weighted by molar-refractivity contribution is 6.32. The zero-order chi connectivity index (χ0) is 14.6. The van der Waals surface area contributed by atoms with Crippen molar-refractivity contribution in [3.8, 4) is 5.75 Å². The SMILES string of the molecule is Cc1cc(OCC(=O)N[C@@H](C)C(=O)[O-])cc(C)c1Cl. The van der Waals surface area contributed by atoms with Gasteiger partial charge in [0.05, 0.1) is 12.0 Å². The first-order chi connectivity index (χ1) is 8.81. The third-order valence-corrected chi connectivity index (χ3v) is 3.11. The molecule has 0 unspecified atom stereocenters. The van der Waals surface area contributed by atoms with Gasteiger partial charge in [0.15, 0.2) is 6.61 Å². The molecule has 0 bridgehead atoms. The van der Waals surface area contributed by atoms with E-state index in [-0.39, 0.29) is 6.61 Å². The summed E-state index contributed by atoms with van der Waals surface area (Å²) in [5.74, 6) is -1.36. The molecule has 1 amide bonds. The molecule has 0 radical (unpaired) electrons. The van der Waals surface area contributed by atoms with Gasteiger partial charge in [0.25, 0.3) is 5.91 Å². The Balaban J connectivity index is 2.58. The van der Waals surface area contributed by atoms with Gasteiger partial charge in [0, 0.05) is 5.02 Å². The Hall–Kier alpha value is -1.75. The maximum Gasteiger partial charge on any atom is 0.258 e. The topological polar surface area (TPSA) is 78.5 Å². The third kappa shape index (κ3) is 4.44. The molecule has 6 heteroatoms.